The van der Waals surface area contributed by atoms with Gasteiger partial charge >= 0.3 is 5.97 Å². The molecule has 2 aliphatic carbocycles. The largest absolute Gasteiger partial charge is 0.491 e. The average molecular weight is 453 g/mol. The summed E-state index contributed by atoms with van der Waals surface area (Å²) in [5.74, 6) is 1.42. The highest BCUT2D eigenvalue weighted by Gasteiger charge is 2.56. The van der Waals surface area contributed by atoms with E-state index < -0.39 is 0 Å². The van der Waals surface area contributed by atoms with Crippen LogP contribution < -0.4 is 9.47 Å². The van der Waals surface area contributed by atoms with E-state index in [1.165, 1.54) is 29.2 Å². The summed E-state index contributed by atoms with van der Waals surface area (Å²) >= 11 is 0. The van der Waals surface area contributed by atoms with Crippen LogP contribution in [0.5, 0.6) is 11.5 Å². The van der Waals surface area contributed by atoms with Crippen LogP contribution in [0.15, 0.2) is 36.4 Å². The van der Waals surface area contributed by atoms with E-state index in [1.807, 2.05) is 6.07 Å². The van der Waals surface area contributed by atoms with Crippen LogP contribution >= 0.6 is 0 Å². The predicted molar refractivity (Wildman–Crippen MR) is 128 cm³/mol. The highest BCUT2D eigenvalue weighted by molar-refractivity contribution is 5.66. The molecule has 0 heterocycles. The van der Waals surface area contributed by atoms with Crippen molar-refractivity contribution in [3.05, 3.63) is 58.7 Å². The Morgan fingerprint density at radius 1 is 0.758 bits per heavy atom. The number of hydrogen-bond donors (Lipinski definition) is 0. The van der Waals surface area contributed by atoms with E-state index in [1.54, 1.807) is 7.11 Å². The first kappa shape index (κ1) is 23.6. The van der Waals surface area contributed by atoms with E-state index in [4.69, 9.17) is 18.9 Å². The molecule has 0 fully saturated rings. The van der Waals surface area contributed by atoms with Crippen LogP contribution in [0.4, 0.5) is 0 Å². The van der Waals surface area contributed by atoms with Gasteiger partial charge in [-0.05, 0) is 70.2 Å². The zero-order valence-electron chi connectivity index (χ0n) is 20.7. The van der Waals surface area contributed by atoms with E-state index in [0.717, 1.165) is 24.3 Å². The van der Waals surface area contributed by atoms with Gasteiger partial charge in [0.1, 0.15) is 31.3 Å². The number of ether oxygens (including phenoxy) is 4. The van der Waals surface area contributed by atoms with Gasteiger partial charge in [-0.2, -0.15) is 0 Å². The van der Waals surface area contributed by atoms with Gasteiger partial charge in [-0.3, -0.25) is 4.79 Å². The standard InChI is InChI=1S/C28H36O5/c1-19(29)31-13-14-33-21-8-10-23-25(16-21)28(18-27(23,4)5)17-26(2,3)22-9-7-20(15-24(22)28)32-12-11-30-6/h7-10,15-16H,11-14,17-18H2,1-6H3. The molecule has 0 aromatic heterocycles. The first-order valence-corrected chi connectivity index (χ1v) is 11.8. The van der Waals surface area contributed by atoms with E-state index in [2.05, 4.69) is 58.0 Å². The third-order valence-electron chi connectivity index (χ3n) is 7.17. The minimum Gasteiger partial charge on any atom is -0.491 e. The van der Waals surface area contributed by atoms with Crippen molar-refractivity contribution in [2.75, 3.05) is 33.5 Å². The van der Waals surface area contributed by atoms with Crippen molar-refractivity contribution < 1.29 is 23.7 Å². The SMILES string of the molecule is COCCOc1ccc2c(c1)C1(CC2(C)C)CC(C)(C)c2ccc(OCCOC(C)=O)cc21. The predicted octanol–water partition coefficient (Wildman–Crippen LogP) is 5.30. The molecule has 2 aromatic rings. The van der Waals surface area contributed by atoms with Gasteiger partial charge in [-0.1, -0.05) is 39.8 Å². The molecule has 4 rings (SSSR count). The molecule has 2 aliphatic rings. The molecule has 0 saturated heterocycles. The second-order valence-corrected chi connectivity index (χ2v) is 10.6. The molecule has 0 bridgehead atoms. The maximum absolute atomic E-state index is 11.0. The fraction of sp³-hybridized carbons (Fsp3) is 0.536. The Kier molecular flexibility index (Phi) is 6.21. The second-order valence-electron chi connectivity index (χ2n) is 10.6. The Morgan fingerprint density at radius 3 is 1.70 bits per heavy atom. The summed E-state index contributed by atoms with van der Waals surface area (Å²) in [6.45, 7) is 12.5. The normalized spacial score (nSPS) is 21.5. The van der Waals surface area contributed by atoms with Crippen LogP contribution in [0, 0.1) is 0 Å². The summed E-state index contributed by atoms with van der Waals surface area (Å²) in [5, 5.41) is 0. The summed E-state index contributed by atoms with van der Waals surface area (Å²) < 4.78 is 22.1. The maximum Gasteiger partial charge on any atom is 0.302 e. The molecule has 0 amide bonds. The van der Waals surface area contributed by atoms with E-state index in [9.17, 15) is 4.79 Å². The molecular weight excluding hydrogens is 416 g/mol. The van der Waals surface area contributed by atoms with Gasteiger partial charge in [0, 0.05) is 19.4 Å². The van der Waals surface area contributed by atoms with Gasteiger partial charge in [0.25, 0.3) is 0 Å². The van der Waals surface area contributed by atoms with E-state index >= 15 is 0 Å². The molecule has 5 heteroatoms. The topological polar surface area (TPSA) is 54.0 Å². The van der Waals surface area contributed by atoms with Crippen molar-refractivity contribution in [2.45, 2.75) is 63.7 Å². The summed E-state index contributed by atoms with van der Waals surface area (Å²) in [5.41, 5.74) is 5.51. The summed E-state index contributed by atoms with van der Waals surface area (Å²) in [6.07, 6.45) is 2.09. The first-order valence-electron chi connectivity index (χ1n) is 11.8. The lowest BCUT2D eigenvalue weighted by atomic mass is 9.72. The van der Waals surface area contributed by atoms with Gasteiger partial charge < -0.3 is 18.9 Å². The zero-order valence-corrected chi connectivity index (χ0v) is 20.7. The van der Waals surface area contributed by atoms with E-state index in [-0.39, 0.29) is 28.8 Å². The van der Waals surface area contributed by atoms with Crippen LogP contribution in [0.2, 0.25) is 0 Å². The number of benzene rings is 2. The third-order valence-corrected chi connectivity index (χ3v) is 7.17. The molecule has 1 spiro atoms. The van der Waals surface area contributed by atoms with Crippen molar-refractivity contribution in [1.29, 1.82) is 0 Å². The molecule has 178 valence electrons. The number of esters is 1. The minimum atomic E-state index is -0.290. The lowest BCUT2D eigenvalue weighted by Gasteiger charge is -2.30. The quantitative estimate of drug-likeness (QED) is 0.402. The molecule has 0 radical (unpaired) electrons. The van der Waals surface area contributed by atoms with Gasteiger partial charge in [-0.15, -0.1) is 0 Å². The maximum atomic E-state index is 11.0. The Balaban J connectivity index is 1.73. The lowest BCUT2D eigenvalue weighted by Crippen LogP contribution is -2.27. The summed E-state index contributed by atoms with van der Waals surface area (Å²) in [4.78, 5) is 11.0. The summed E-state index contributed by atoms with van der Waals surface area (Å²) in [7, 11) is 1.69. The van der Waals surface area contributed by atoms with Crippen LogP contribution in [0.25, 0.3) is 0 Å². The van der Waals surface area contributed by atoms with Crippen LogP contribution in [0.3, 0.4) is 0 Å². The molecule has 5 nitrogen and oxygen atoms in total. The lowest BCUT2D eigenvalue weighted by molar-refractivity contribution is -0.141. The number of carbonyl (C=O) groups is 1. The average Bonchev–Trinajstić information content (AvgIpc) is 3.11. The van der Waals surface area contributed by atoms with Gasteiger partial charge in [0.2, 0.25) is 0 Å². The van der Waals surface area contributed by atoms with Crippen LogP contribution in [-0.4, -0.2) is 39.5 Å². The highest BCUT2D eigenvalue weighted by atomic mass is 16.6. The second kappa shape index (κ2) is 8.68. The third kappa shape index (κ3) is 4.35. The molecule has 33 heavy (non-hydrogen) atoms. The van der Waals surface area contributed by atoms with Gasteiger partial charge in [-0.25, -0.2) is 0 Å². The van der Waals surface area contributed by atoms with Crippen molar-refractivity contribution in [1.82, 2.24) is 0 Å². The van der Waals surface area contributed by atoms with Gasteiger partial charge in [0.05, 0.1) is 6.61 Å². The summed E-state index contributed by atoms with van der Waals surface area (Å²) in [6, 6.07) is 13.1. The molecule has 0 saturated carbocycles. The Labute approximate surface area is 197 Å². The highest BCUT2D eigenvalue weighted by Crippen LogP contribution is 2.63. The van der Waals surface area contributed by atoms with Crippen molar-refractivity contribution in [3.63, 3.8) is 0 Å². The monoisotopic (exact) mass is 452 g/mol. The number of hydrogen-bond acceptors (Lipinski definition) is 5. The first-order chi connectivity index (χ1) is 15.6. The van der Waals surface area contributed by atoms with Crippen LogP contribution in [-0.2, 0) is 30.5 Å². The number of rotatable bonds is 8. The van der Waals surface area contributed by atoms with E-state index in [0.29, 0.717) is 19.8 Å². The van der Waals surface area contributed by atoms with Gasteiger partial charge in [0.15, 0.2) is 0 Å². The number of fused-ring (bicyclic) bond motifs is 4. The fourth-order valence-electron chi connectivity index (χ4n) is 6.07. The molecular formula is C28H36O5. The number of methoxy groups -OCH3 is 1. The molecule has 2 aromatic carbocycles. The van der Waals surface area contributed by atoms with Crippen molar-refractivity contribution in [3.8, 4) is 11.5 Å². The fourth-order valence-corrected chi connectivity index (χ4v) is 6.07. The zero-order chi connectivity index (χ0) is 23.9. The van der Waals surface area contributed by atoms with Crippen molar-refractivity contribution >= 4 is 5.97 Å². The molecule has 1 unspecified atom stereocenters. The molecule has 1 atom stereocenters. The Bertz CT molecular complexity index is 1030. The molecule has 0 aliphatic heterocycles. The Hall–Kier alpha value is -2.53. The Morgan fingerprint density at radius 2 is 1.24 bits per heavy atom. The number of carbonyl (C=O) groups excluding carboxylic acids is 1. The smallest absolute Gasteiger partial charge is 0.302 e. The minimum absolute atomic E-state index is 0.0518. The van der Waals surface area contributed by atoms with Crippen molar-refractivity contribution in [2.24, 2.45) is 0 Å². The van der Waals surface area contributed by atoms with Crippen LogP contribution in [0.1, 0.15) is 69.7 Å². The molecule has 0 N–H and O–H groups in total.